The number of aromatic nitrogens is 1. The second-order valence-electron chi connectivity index (χ2n) is 5.46. The predicted octanol–water partition coefficient (Wildman–Crippen LogP) is 1.85. The van der Waals surface area contributed by atoms with Crippen LogP contribution in [-0.2, 0) is 10.3 Å². The van der Waals surface area contributed by atoms with Crippen molar-refractivity contribution in [2.75, 3.05) is 21.3 Å². The summed E-state index contributed by atoms with van der Waals surface area (Å²) in [4.78, 5) is 24.2. The van der Waals surface area contributed by atoms with Gasteiger partial charge in [-0.05, 0) is 26.0 Å². The number of ether oxygens (including phenoxy) is 3. The molecule has 2 aromatic rings. The van der Waals surface area contributed by atoms with E-state index >= 15 is 0 Å². The van der Waals surface area contributed by atoms with E-state index in [4.69, 9.17) is 14.2 Å². The van der Waals surface area contributed by atoms with Crippen molar-refractivity contribution in [3.05, 3.63) is 28.7 Å². The molecule has 124 valence electrons. The Morgan fingerprint density at radius 2 is 1.70 bits per heavy atom. The third kappa shape index (κ3) is 2.48. The second kappa shape index (κ2) is 5.83. The molecule has 0 spiro atoms. The standard InChI is InChI=1S/C16H19NO6/c1-16(2,15(19)20)17-7-6-9-10(14(17)18)8-11(21-3)13(23-5)12(9)22-4/h6-8H,1-5H3,(H,19,20). The number of benzene rings is 1. The van der Waals surface area contributed by atoms with Crippen LogP contribution in [0.3, 0.4) is 0 Å². The monoisotopic (exact) mass is 321 g/mol. The molecule has 0 aliphatic rings. The van der Waals surface area contributed by atoms with E-state index in [1.807, 2.05) is 0 Å². The Hall–Kier alpha value is -2.70. The van der Waals surface area contributed by atoms with E-state index in [2.05, 4.69) is 0 Å². The summed E-state index contributed by atoms with van der Waals surface area (Å²) in [5.74, 6) is -0.0393. The molecule has 0 aliphatic carbocycles. The van der Waals surface area contributed by atoms with Crippen molar-refractivity contribution in [1.29, 1.82) is 0 Å². The number of carboxylic acid groups (broad SMARTS) is 1. The van der Waals surface area contributed by atoms with Gasteiger partial charge in [0.15, 0.2) is 11.5 Å². The van der Waals surface area contributed by atoms with Gasteiger partial charge in [-0.15, -0.1) is 0 Å². The van der Waals surface area contributed by atoms with Gasteiger partial charge in [0, 0.05) is 11.6 Å². The Balaban J connectivity index is 2.91. The summed E-state index contributed by atoms with van der Waals surface area (Å²) in [6.07, 6.45) is 1.44. The van der Waals surface area contributed by atoms with Crippen LogP contribution < -0.4 is 19.8 Å². The number of nitrogens with zero attached hydrogens (tertiary/aromatic N) is 1. The zero-order valence-electron chi connectivity index (χ0n) is 13.7. The van der Waals surface area contributed by atoms with Crippen molar-refractivity contribution in [3.8, 4) is 17.2 Å². The highest BCUT2D eigenvalue weighted by Gasteiger charge is 2.31. The molecular formula is C16H19NO6. The smallest absolute Gasteiger partial charge is 0.329 e. The van der Waals surface area contributed by atoms with Gasteiger partial charge < -0.3 is 19.3 Å². The first kappa shape index (κ1) is 16.7. The molecule has 0 saturated carbocycles. The summed E-state index contributed by atoms with van der Waals surface area (Å²) in [7, 11) is 4.39. The quantitative estimate of drug-likeness (QED) is 0.904. The number of rotatable bonds is 5. The lowest BCUT2D eigenvalue weighted by molar-refractivity contribution is -0.145. The summed E-state index contributed by atoms with van der Waals surface area (Å²) in [6.45, 7) is 2.92. The van der Waals surface area contributed by atoms with Crippen molar-refractivity contribution in [1.82, 2.24) is 4.57 Å². The molecule has 0 saturated heterocycles. The lowest BCUT2D eigenvalue weighted by Gasteiger charge is -2.23. The Kier molecular flexibility index (Phi) is 4.22. The normalized spacial score (nSPS) is 11.3. The zero-order valence-corrected chi connectivity index (χ0v) is 13.7. The Bertz CT molecular complexity index is 821. The molecule has 7 nitrogen and oxygen atoms in total. The number of carbonyl (C=O) groups is 1. The summed E-state index contributed by atoms with van der Waals surface area (Å²) in [5.41, 5.74) is -1.83. The van der Waals surface area contributed by atoms with E-state index in [1.165, 1.54) is 52.0 Å². The van der Waals surface area contributed by atoms with Gasteiger partial charge in [0.2, 0.25) is 5.75 Å². The Morgan fingerprint density at radius 1 is 1.09 bits per heavy atom. The topological polar surface area (TPSA) is 87.0 Å². The Labute approximate surface area is 133 Å². The Morgan fingerprint density at radius 3 is 2.17 bits per heavy atom. The second-order valence-corrected chi connectivity index (χ2v) is 5.46. The van der Waals surface area contributed by atoms with Crippen LogP contribution in [0.4, 0.5) is 0 Å². The highest BCUT2D eigenvalue weighted by Crippen LogP contribution is 2.42. The van der Waals surface area contributed by atoms with Gasteiger partial charge in [0.25, 0.3) is 5.56 Å². The molecular weight excluding hydrogens is 302 g/mol. The molecule has 7 heteroatoms. The van der Waals surface area contributed by atoms with E-state index in [9.17, 15) is 14.7 Å². The number of pyridine rings is 1. The van der Waals surface area contributed by atoms with Crippen molar-refractivity contribution in [3.63, 3.8) is 0 Å². The van der Waals surface area contributed by atoms with Crippen molar-refractivity contribution < 1.29 is 24.1 Å². The molecule has 23 heavy (non-hydrogen) atoms. The van der Waals surface area contributed by atoms with Crippen molar-refractivity contribution in [2.45, 2.75) is 19.4 Å². The highest BCUT2D eigenvalue weighted by atomic mass is 16.5. The van der Waals surface area contributed by atoms with Crippen LogP contribution in [-0.4, -0.2) is 37.0 Å². The molecule has 0 fully saturated rings. The molecule has 0 unspecified atom stereocenters. The minimum Gasteiger partial charge on any atom is -0.493 e. The largest absolute Gasteiger partial charge is 0.493 e. The van der Waals surface area contributed by atoms with Crippen LogP contribution in [0.1, 0.15) is 13.8 Å². The first-order valence-corrected chi connectivity index (χ1v) is 6.87. The molecule has 0 amide bonds. The minimum absolute atomic E-state index is 0.288. The summed E-state index contributed by atoms with van der Waals surface area (Å²) in [5, 5.41) is 10.2. The van der Waals surface area contributed by atoms with Gasteiger partial charge in [0.05, 0.1) is 26.7 Å². The molecule has 2 rings (SSSR count). The lowest BCUT2D eigenvalue weighted by Crippen LogP contribution is -2.42. The van der Waals surface area contributed by atoms with Crippen LogP contribution in [0.5, 0.6) is 17.2 Å². The number of hydrogen-bond donors (Lipinski definition) is 1. The van der Waals surface area contributed by atoms with E-state index in [0.717, 1.165) is 0 Å². The predicted molar refractivity (Wildman–Crippen MR) is 84.8 cm³/mol. The SMILES string of the molecule is COc1cc2c(=O)n(C(C)(C)C(=O)O)ccc2c(OC)c1OC. The highest BCUT2D eigenvalue weighted by molar-refractivity contribution is 5.92. The fraction of sp³-hybridized carbons (Fsp3) is 0.375. The first-order chi connectivity index (χ1) is 10.8. The van der Waals surface area contributed by atoms with Crippen LogP contribution in [0.25, 0.3) is 10.8 Å². The summed E-state index contributed by atoms with van der Waals surface area (Å²) < 4.78 is 17.1. The van der Waals surface area contributed by atoms with E-state index in [-0.39, 0.29) is 5.39 Å². The minimum atomic E-state index is -1.38. The molecule has 0 aliphatic heterocycles. The van der Waals surface area contributed by atoms with Gasteiger partial charge in [-0.25, -0.2) is 4.79 Å². The average molecular weight is 321 g/mol. The fourth-order valence-electron chi connectivity index (χ4n) is 2.41. The van der Waals surface area contributed by atoms with Gasteiger partial charge in [-0.2, -0.15) is 0 Å². The third-order valence-corrected chi connectivity index (χ3v) is 3.83. The summed E-state index contributed by atoms with van der Waals surface area (Å²) in [6, 6.07) is 3.15. The average Bonchev–Trinajstić information content (AvgIpc) is 2.52. The summed E-state index contributed by atoms with van der Waals surface area (Å²) >= 11 is 0. The zero-order chi connectivity index (χ0) is 17.4. The van der Waals surface area contributed by atoms with E-state index in [1.54, 1.807) is 6.07 Å². The number of hydrogen-bond acceptors (Lipinski definition) is 5. The molecule has 0 bridgehead atoms. The molecule has 1 N–H and O–H groups in total. The first-order valence-electron chi connectivity index (χ1n) is 6.87. The third-order valence-electron chi connectivity index (χ3n) is 3.83. The van der Waals surface area contributed by atoms with Gasteiger partial charge >= 0.3 is 5.97 Å². The maximum atomic E-state index is 12.8. The van der Waals surface area contributed by atoms with Crippen molar-refractivity contribution >= 4 is 16.7 Å². The van der Waals surface area contributed by atoms with Crippen LogP contribution in [0, 0.1) is 0 Å². The van der Waals surface area contributed by atoms with Gasteiger partial charge in [-0.3, -0.25) is 9.36 Å². The molecule has 1 aromatic carbocycles. The lowest BCUT2D eigenvalue weighted by atomic mass is 10.0. The molecule has 1 aromatic heterocycles. The van der Waals surface area contributed by atoms with E-state index < -0.39 is 17.1 Å². The maximum absolute atomic E-state index is 12.8. The van der Waals surface area contributed by atoms with Crippen LogP contribution in [0.2, 0.25) is 0 Å². The molecule has 0 radical (unpaired) electrons. The number of methoxy groups -OCH3 is 3. The number of carboxylic acids is 1. The number of fused-ring (bicyclic) bond motifs is 1. The fourth-order valence-corrected chi connectivity index (χ4v) is 2.41. The number of aliphatic carboxylic acids is 1. The van der Waals surface area contributed by atoms with E-state index in [0.29, 0.717) is 22.6 Å². The molecule has 0 atom stereocenters. The molecule has 1 heterocycles. The van der Waals surface area contributed by atoms with Crippen LogP contribution >= 0.6 is 0 Å². The van der Waals surface area contributed by atoms with Gasteiger partial charge in [0.1, 0.15) is 5.54 Å². The van der Waals surface area contributed by atoms with Gasteiger partial charge in [-0.1, -0.05) is 0 Å². The maximum Gasteiger partial charge on any atom is 0.329 e. The van der Waals surface area contributed by atoms with Crippen molar-refractivity contribution in [2.24, 2.45) is 0 Å². The van der Waals surface area contributed by atoms with Crippen LogP contribution in [0.15, 0.2) is 23.1 Å².